The van der Waals surface area contributed by atoms with Gasteiger partial charge in [0.25, 0.3) is 11.8 Å². The molecule has 0 radical (unpaired) electrons. The first-order chi connectivity index (χ1) is 19.0. The van der Waals surface area contributed by atoms with Gasteiger partial charge < -0.3 is 19.5 Å². The number of piperidine rings is 1. The number of nitrogens with zero attached hydrogens (tertiary/aromatic N) is 4. The Hall–Kier alpha value is -4.46. The van der Waals surface area contributed by atoms with Gasteiger partial charge in [-0.3, -0.25) is 14.6 Å². The van der Waals surface area contributed by atoms with Crippen LogP contribution in [0.1, 0.15) is 63.4 Å². The van der Waals surface area contributed by atoms with Crippen molar-refractivity contribution in [3.8, 4) is 11.4 Å². The van der Waals surface area contributed by atoms with Gasteiger partial charge in [0.2, 0.25) is 0 Å². The summed E-state index contributed by atoms with van der Waals surface area (Å²) in [5, 5.41) is 3.05. The SMILES string of the molecule is CCOc1ccccc1CNC(=O)c1ccc(C)nc1C1CCN(C(=O)c2ccc(-n3ccnc3)cc2)CC1. The summed E-state index contributed by atoms with van der Waals surface area (Å²) in [6, 6.07) is 19.0. The number of carbonyl (C=O) groups excluding carboxylic acids is 2. The van der Waals surface area contributed by atoms with Crippen LogP contribution in [0.25, 0.3) is 5.69 Å². The predicted molar refractivity (Wildman–Crippen MR) is 149 cm³/mol. The summed E-state index contributed by atoms with van der Waals surface area (Å²) < 4.78 is 7.60. The molecule has 4 aromatic rings. The van der Waals surface area contributed by atoms with E-state index in [9.17, 15) is 9.59 Å². The molecule has 0 spiro atoms. The second-order valence-electron chi connectivity index (χ2n) is 9.69. The summed E-state index contributed by atoms with van der Waals surface area (Å²) in [6.45, 7) is 6.05. The van der Waals surface area contributed by atoms with Crippen molar-refractivity contribution < 1.29 is 14.3 Å². The highest BCUT2D eigenvalue weighted by Crippen LogP contribution is 2.30. The molecule has 1 fully saturated rings. The van der Waals surface area contributed by atoms with Crippen LogP contribution in [0.2, 0.25) is 0 Å². The minimum atomic E-state index is -0.153. The number of amides is 2. The highest BCUT2D eigenvalue weighted by atomic mass is 16.5. The van der Waals surface area contributed by atoms with E-state index in [-0.39, 0.29) is 17.7 Å². The van der Waals surface area contributed by atoms with E-state index in [0.717, 1.165) is 41.2 Å². The molecule has 200 valence electrons. The molecule has 3 heterocycles. The number of likely N-dealkylation sites (tertiary alicyclic amines) is 1. The number of imidazole rings is 1. The van der Waals surface area contributed by atoms with Gasteiger partial charge in [0.15, 0.2) is 0 Å². The van der Waals surface area contributed by atoms with Gasteiger partial charge in [-0.05, 0) is 69.2 Å². The van der Waals surface area contributed by atoms with Crippen molar-refractivity contribution >= 4 is 11.8 Å². The Bertz CT molecular complexity index is 1430. The molecule has 1 aliphatic heterocycles. The Morgan fingerprint density at radius 2 is 1.79 bits per heavy atom. The topological polar surface area (TPSA) is 89.4 Å². The second kappa shape index (κ2) is 11.9. The van der Waals surface area contributed by atoms with Crippen LogP contribution in [0.5, 0.6) is 5.75 Å². The van der Waals surface area contributed by atoms with Crippen LogP contribution in [0, 0.1) is 6.92 Å². The van der Waals surface area contributed by atoms with Crippen LogP contribution < -0.4 is 10.1 Å². The van der Waals surface area contributed by atoms with Gasteiger partial charge in [0, 0.05) is 60.5 Å². The fraction of sp³-hybridized carbons (Fsp3) is 0.290. The molecule has 2 aromatic carbocycles. The van der Waals surface area contributed by atoms with Crippen molar-refractivity contribution in [2.45, 2.75) is 39.2 Å². The molecule has 2 amide bonds. The molecule has 1 aliphatic rings. The first kappa shape index (κ1) is 26.2. The van der Waals surface area contributed by atoms with Crippen LogP contribution in [0.15, 0.2) is 79.4 Å². The summed E-state index contributed by atoms with van der Waals surface area (Å²) in [5.41, 5.74) is 4.83. The Morgan fingerprint density at radius 3 is 2.51 bits per heavy atom. The Kier molecular flexibility index (Phi) is 8.01. The average Bonchev–Trinajstić information content (AvgIpc) is 3.52. The van der Waals surface area contributed by atoms with E-state index in [4.69, 9.17) is 9.72 Å². The molecular formula is C31H33N5O3. The minimum Gasteiger partial charge on any atom is -0.494 e. The van der Waals surface area contributed by atoms with E-state index in [0.29, 0.717) is 37.4 Å². The third-order valence-electron chi connectivity index (χ3n) is 7.11. The molecule has 1 saturated heterocycles. The molecule has 8 heteroatoms. The molecule has 8 nitrogen and oxygen atoms in total. The fourth-order valence-electron chi connectivity index (χ4n) is 5.02. The lowest BCUT2D eigenvalue weighted by Gasteiger charge is -2.32. The predicted octanol–water partition coefficient (Wildman–Crippen LogP) is 4.92. The number of nitrogens with one attached hydrogen (secondary N) is 1. The number of aromatic nitrogens is 3. The zero-order valence-corrected chi connectivity index (χ0v) is 22.3. The van der Waals surface area contributed by atoms with Gasteiger partial charge in [0.1, 0.15) is 5.75 Å². The molecule has 0 saturated carbocycles. The van der Waals surface area contributed by atoms with E-state index < -0.39 is 0 Å². The maximum atomic E-state index is 13.3. The normalized spacial score (nSPS) is 13.7. The maximum Gasteiger partial charge on any atom is 0.253 e. The Labute approximate surface area is 228 Å². The van der Waals surface area contributed by atoms with E-state index in [1.807, 2.05) is 90.2 Å². The molecular weight excluding hydrogens is 490 g/mol. The number of hydrogen-bond donors (Lipinski definition) is 1. The standard InChI is InChI=1S/C31H33N5O3/c1-3-39-28-7-5-4-6-25(28)20-33-30(37)27-13-8-22(2)34-29(27)23-14-17-35(18-15-23)31(38)24-9-11-26(12-10-24)36-19-16-32-21-36/h4-13,16,19,21,23H,3,14-15,17-18,20H2,1-2H3,(H,33,37). The quantitative estimate of drug-likeness (QED) is 0.354. The molecule has 0 aliphatic carbocycles. The second-order valence-corrected chi connectivity index (χ2v) is 9.69. The number of carbonyl (C=O) groups is 2. The Morgan fingerprint density at radius 1 is 1.03 bits per heavy atom. The number of ether oxygens (including phenoxy) is 1. The summed E-state index contributed by atoms with van der Waals surface area (Å²) >= 11 is 0. The highest BCUT2D eigenvalue weighted by molar-refractivity contribution is 5.96. The number of pyridine rings is 1. The van der Waals surface area contributed by atoms with Gasteiger partial charge in [-0.2, -0.15) is 0 Å². The number of rotatable bonds is 8. The van der Waals surface area contributed by atoms with Crippen molar-refractivity contribution in [3.05, 3.63) is 107 Å². The van der Waals surface area contributed by atoms with Gasteiger partial charge in [-0.15, -0.1) is 0 Å². The fourth-order valence-corrected chi connectivity index (χ4v) is 5.02. The molecule has 0 unspecified atom stereocenters. The third-order valence-corrected chi connectivity index (χ3v) is 7.11. The number of aryl methyl sites for hydroxylation is 1. The Balaban J connectivity index is 1.23. The van der Waals surface area contributed by atoms with E-state index in [1.54, 1.807) is 12.5 Å². The van der Waals surface area contributed by atoms with E-state index >= 15 is 0 Å². The summed E-state index contributed by atoms with van der Waals surface area (Å²) in [5.74, 6) is 0.749. The lowest BCUT2D eigenvalue weighted by molar-refractivity contribution is 0.0710. The lowest BCUT2D eigenvalue weighted by atomic mass is 9.89. The van der Waals surface area contributed by atoms with E-state index in [1.165, 1.54) is 0 Å². The summed E-state index contributed by atoms with van der Waals surface area (Å²) in [6.07, 6.45) is 6.83. The minimum absolute atomic E-state index is 0.0220. The monoisotopic (exact) mass is 523 g/mol. The highest BCUT2D eigenvalue weighted by Gasteiger charge is 2.28. The largest absolute Gasteiger partial charge is 0.494 e. The van der Waals surface area contributed by atoms with Crippen LogP contribution in [-0.2, 0) is 6.54 Å². The van der Waals surface area contributed by atoms with Crippen LogP contribution in [0.3, 0.4) is 0 Å². The van der Waals surface area contributed by atoms with Crippen molar-refractivity contribution in [2.75, 3.05) is 19.7 Å². The number of para-hydroxylation sites is 1. The molecule has 1 N–H and O–H groups in total. The van der Waals surface area contributed by atoms with Crippen molar-refractivity contribution in [2.24, 2.45) is 0 Å². The van der Waals surface area contributed by atoms with Crippen LogP contribution in [-0.4, -0.2) is 50.9 Å². The lowest BCUT2D eigenvalue weighted by Crippen LogP contribution is -2.38. The van der Waals surface area contributed by atoms with Gasteiger partial charge in [-0.1, -0.05) is 18.2 Å². The van der Waals surface area contributed by atoms with Crippen LogP contribution in [0.4, 0.5) is 0 Å². The maximum absolute atomic E-state index is 13.3. The van der Waals surface area contributed by atoms with Gasteiger partial charge in [-0.25, -0.2) is 4.98 Å². The van der Waals surface area contributed by atoms with Crippen LogP contribution >= 0.6 is 0 Å². The van der Waals surface area contributed by atoms with Crippen molar-refractivity contribution in [3.63, 3.8) is 0 Å². The van der Waals surface area contributed by atoms with Crippen molar-refractivity contribution in [1.29, 1.82) is 0 Å². The zero-order chi connectivity index (χ0) is 27.2. The molecule has 0 atom stereocenters. The van der Waals surface area contributed by atoms with Crippen molar-refractivity contribution in [1.82, 2.24) is 24.8 Å². The van der Waals surface area contributed by atoms with E-state index in [2.05, 4.69) is 10.3 Å². The molecule has 2 aromatic heterocycles. The zero-order valence-electron chi connectivity index (χ0n) is 22.3. The summed E-state index contributed by atoms with van der Waals surface area (Å²) in [4.78, 5) is 37.2. The first-order valence-electron chi connectivity index (χ1n) is 13.4. The summed E-state index contributed by atoms with van der Waals surface area (Å²) in [7, 11) is 0. The molecule has 5 rings (SSSR count). The molecule has 39 heavy (non-hydrogen) atoms. The third kappa shape index (κ3) is 6.00. The smallest absolute Gasteiger partial charge is 0.253 e. The van der Waals surface area contributed by atoms with Gasteiger partial charge >= 0.3 is 0 Å². The van der Waals surface area contributed by atoms with Gasteiger partial charge in [0.05, 0.1) is 24.2 Å². The first-order valence-corrected chi connectivity index (χ1v) is 13.4. The average molecular weight is 524 g/mol. The molecule has 0 bridgehead atoms. The number of hydrogen-bond acceptors (Lipinski definition) is 5. The number of benzene rings is 2.